The zero-order valence-electron chi connectivity index (χ0n) is 11.3. The van der Waals surface area contributed by atoms with E-state index in [0.717, 1.165) is 29.2 Å². The zero-order chi connectivity index (χ0) is 14.1. The quantitative estimate of drug-likeness (QED) is 0.802. The lowest BCUT2D eigenvalue weighted by atomic mass is 10.1. The molecule has 0 spiro atoms. The molecule has 0 fully saturated rings. The monoisotopic (exact) mass is 287 g/mol. The van der Waals surface area contributed by atoms with Gasteiger partial charge in [0.1, 0.15) is 12.1 Å². The van der Waals surface area contributed by atoms with Crippen LogP contribution in [0.2, 0.25) is 5.02 Å². The third kappa shape index (κ3) is 2.20. The highest BCUT2D eigenvalue weighted by Crippen LogP contribution is 2.24. The molecule has 1 aromatic carbocycles. The van der Waals surface area contributed by atoms with Crippen molar-refractivity contribution in [3.63, 3.8) is 0 Å². The molecule has 0 bridgehead atoms. The highest BCUT2D eigenvalue weighted by atomic mass is 35.5. The van der Waals surface area contributed by atoms with Gasteiger partial charge in [-0.05, 0) is 37.6 Å². The van der Waals surface area contributed by atoms with E-state index >= 15 is 0 Å². The van der Waals surface area contributed by atoms with E-state index in [1.165, 1.54) is 6.33 Å². The van der Waals surface area contributed by atoms with Gasteiger partial charge in [-0.15, -0.1) is 0 Å². The minimum atomic E-state index is 0.594. The number of aromatic nitrogens is 4. The number of rotatable bonds is 3. The Morgan fingerprint density at radius 3 is 2.70 bits per heavy atom. The lowest BCUT2D eigenvalue weighted by molar-refractivity contribution is 0.903. The largest absolute Gasteiger partial charge is 0.340 e. The van der Waals surface area contributed by atoms with Crippen LogP contribution in [0.5, 0.6) is 0 Å². The van der Waals surface area contributed by atoms with Gasteiger partial charge >= 0.3 is 0 Å². The Labute approximate surface area is 121 Å². The van der Waals surface area contributed by atoms with E-state index in [0.29, 0.717) is 10.8 Å². The first-order valence-corrected chi connectivity index (χ1v) is 6.78. The molecule has 0 radical (unpaired) electrons. The normalized spacial score (nSPS) is 10.9. The first kappa shape index (κ1) is 12.9. The molecule has 0 amide bonds. The molecule has 0 aliphatic rings. The van der Waals surface area contributed by atoms with Crippen LogP contribution in [0.25, 0.3) is 5.78 Å². The zero-order valence-corrected chi connectivity index (χ0v) is 12.0. The molecule has 0 saturated carbocycles. The number of hydrogen-bond acceptors (Lipinski definition) is 4. The first-order chi connectivity index (χ1) is 9.69. The summed E-state index contributed by atoms with van der Waals surface area (Å²) >= 11 is 5.91. The molecule has 1 N–H and O–H groups in total. The van der Waals surface area contributed by atoms with E-state index in [-0.39, 0.29) is 0 Å². The second kappa shape index (κ2) is 5.09. The fourth-order valence-corrected chi connectivity index (χ4v) is 2.33. The smallest absolute Gasteiger partial charge is 0.254 e. The van der Waals surface area contributed by atoms with Crippen LogP contribution in [0.3, 0.4) is 0 Å². The Hall–Kier alpha value is -2.14. The van der Waals surface area contributed by atoms with Crippen molar-refractivity contribution in [3.05, 3.63) is 46.9 Å². The van der Waals surface area contributed by atoms with Crippen LogP contribution in [0.1, 0.15) is 18.2 Å². The average Bonchev–Trinajstić information content (AvgIpc) is 2.89. The van der Waals surface area contributed by atoms with Gasteiger partial charge in [0, 0.05) is 22.0 Å². The van der Waals surface area contributed by atoms with Crippen molar-refractivity contribution in [3.8, 4) is 0 Å². The first-order valence-electron chi connectivity index (χ1n) is 6.41. The van der Waals surface area contributed by atoms with E-state index in [1.807, 2.05) is 31.2 Å². The number of hydrogen-bond donors (Lipinski definition) is 1. The number of fused-ring (bicyclic) bond motifs is 1. The van der Waals surface area contributed by atoms with Gasteiger partial charge in [0.25, 0.3) is 5.78 Å². The van der Waals surface area contributed by atoms with Crippen LogP contribution < -0.4 is 5.32 Å². The van der Waals surface area contributed by atoms with E-state index in [1.54, 1.807) is 4.52 Å². The van der Waals surface area contributed by atoms with Crippen molar-refractivity contribution in [2.75, 3.05) is 5.32 Å². The summed E-state index contributed by atoms with van der Waals surface area (Å²) in [5, 5.41) is 8.33. The maximum atomic E-state index is 5.91. The maximum absolute atomic E-state index is 5.91. The second-order valence-corrected chi connectivity index (χ2v) is 4.92. The van der Waals surface area contributed by atoms with Crippen LogP contribution >= 0.6 is 11.6 Å². The fraction of sp³-hybridized carbons (Fsp3) is 0.214. The van der Waals surface area contributed by atoms with Crippen molar-refractivity contribution in [1.29, 1.82) is 0 Å². The molecule has 0 saturated heterocycles. The summed E-state index contributed by atoms with van der Waals surface area (Å²) in [7, 11) is 0. The van der Waals surface area contributed by atoms with Crippen molar-refractivity contribution >= 4 is 28.9 Å². The topological polar surface area (TPSA) is 55.1 Å². The summed E-state index contributed by atoms with van der Waals surface area (Å²) < 4.78 is 1.72. The summed E-state index contributed by atoms with van der Waals surface area (Å²) in [4.78, 5) is 8.60. The van der Waals surface area contributed by atoms with Crippen LogP contribution in [0.15, 0.2) is 30.6 Å². The number of benzene rings is 1. The van der Waals surface area contributed by atoms with E-state index in [4.69, 9.17) is 11.6 Å². The molecule has 0 atom stereocenters. The Kier molecular flexibility index (Phi) is 3.28. The molecular formula is C14H14ClN5. The van der Waals surface area contributed by atoms with E-state index in [2.05, 4.69) is 27.3 Å². The predicted octanol–water partition coefficient (Wildman–Crippen LogP) is 3.39. The SMILES string of the molecule is CCc1c(C)nc2ncnn2c1Nc1ccc(Cl)cc1. The van der Waals surface area contributed by atoms with Crippen molar-refractivity contribution in [1.82, 2.24) is 19.6 Å². The molecular weight excluding hydrogens is 274 g/mol. The van der Waals surface area contributed by atoms with Crippen LogP contribution in [-0.2, 0) is 6.42 Å². The second-order valence-electron chi connectivity index (χ2n) is 4.48. The molecule has 3 rings (SSSR count). The standard InChI is InChI=1S/C14H14ClN5/c1-3-12-9(2)18-14-16-8-17-20(14)13(12)19-11-6-4-10(15)5-7-11/h4-8,19H,3H2,1-2H3. The van der Waals surface area contributed by atoms with Crippen molar-refractivity contribution in [2.45, 2.75) is 20.3 Å². The van der Waals surface area contributed by atoms with Gasteiger partial charge in [0.05, 0.1) is 0 Å². The van der Waals surface area contributed by atoms with E-state index in [9.17, 15) is 0 Å². The molecule has 102 valence electrons. The van der Waals surface area contributed by atoms with Crippen LogP contribution in [0.4, 0.5) is 11.5 Å². The molecule has 5 nitrogen and oxygen atoms in total. The van der Waals surface area contributed by atoms with Gasteiger partial charge in [-0.25, -0.2) is 4.98 Å². The van der Waals surface area contributed by atoms with Gasteiger partial charge in [0.15, 0.2) is 0 Å². The lowest BCUT2D eigenvalue weighted by Gasteiger charge is -2.14. The summed E-state index contributed by atoms with van der Waals surface area (Å²) in [6, 6.07) is 7.56. The summed E-state index contributed by atoms with van der Waals surface area (Å²) in [6.07, 6.45) is 2.37. The molecule has 0 aliphatic carbocycles. The summed E-state index contributed by atoms with van der Waals surface area (Å²) in [5.41, 5.74) is 3.04. The Morgan fingerprint density at radius 2 is 2.00 bits per heavy atom. The summed E-state index contributed by atoms with van der Waals surface area (Å²) in [6.45, 7) is 4.08. The maximum Gasteiger partial charge on any atom is 0.254 e. The third-order valence-electron chi connectivity index (χ3n) is 3.19. The van der Waals surface area contributed by atoms with Gasteiger partial charge in [0.2, 0.25) is 0 Å². The van der Waals surface area contributed by atoms with Gasteiger partial charge in [-0.1, -0.05) is 18.5 Å². The predicted molar refractivity (Wildman–Crippen MR) is 79.6 cm³/mol. The van der Waals surface area contributed by atoms with Gasteiger partial charge in [-0.3, -0.25) is 0 Å². The Morgan fingerprint density at radius 1 is 1.25 bits per heavy atom. The number of nitrogens with one attached hydrogen (secondary N) is 1. The number of halogens is 1. The highest BCUT2D eigenvalue weighted by molar-refractivity contribution is 6.30. The molecule has 2 heterocycles. The van der Waals surface area contributed by atoms with Gasteiger partial charge in [-0.2, -0.15) is 14.6 Å². The average molecular weight is 288 g/mol. The Balaban J connectivity index is 2.13. The van der Waals surface area contributed by atoms with Crippen LogP contribution in [-0.4, -0.2) is 19.6 Å². The fourth-order valence-electron chi connectivity index (χ4n) is 2.21. The van der Waals surface area contributed by atoms with Gasteiger partial charge < -0.3 is 5.32 Å². The van der Waals surface area contributed by atoms with Crippen LogP contribution in [0, 0.1) is 6.92 Å². The molecule has 6 heteroatoms. The molecule has 3 aromatic rings. The Bertz CT molecular complexity index is 748. The minimum absolute atomic E-state index is 0.594. The number of aryl methyl sites for hydroxylation is 1. The van der Waals surface area contributed by atoms with E-state index < -0.39 is 0 Å². The molecule has 0 aliphatic heterocycles. The number of anilines is 2. The molecule has 20 heavy (non-hydrogen) atoms. The molecule has 0 unspecified atom stereocenters. The lowest BCUT2D eigenvalue weighted by Crippen LogP contribution is -2.08. The number of nitrogens with zero attached hydrogens (tertiary/aromatic N) is 4. The highest BCUT2D eigenvalue weighted by Gasteiger charge is 2.13. The third-order valence-corrected chi connectivity index (χ3v) is 3.44. The summed E-state index contributed by atoms with van der Waals surface area (Å²) in [5.74, 6) is 1.49. The van der Waals surface area contributed by atoms with Crippen molar-refractivity contribution in [2.24, 2.45) is 0 Å². The minimum Gasteiger partial charge on any atom is -0.340 e. The van der Waals surface area contributed by atoms with Crippen molar-refractivity contribution < 1.29 is 0 Å². The molecule has 2 aromatic heterocycles.